The lowest BCUT2D eigenvalue weighted by atomic mass is 9.77. The zero-order valence-electron chi connectivity index (χ0n) is 10.9. The first-order valence-corrected chi connectivity index (χ1v) is 6.56. The van der Waals surface area contributed by atoms with Gasteiger partial charge in [0.2, 0.25) is 5.91 Å². The van der Waals surface area contributed by atoms with Crippen LogP contribution in [0.4, 0.5) is 5.69 Å². The van der Waals surface area contributed by atoms with Crippen molar-refractivity contribution in [1.29, 1.82) is 0 Å². The van der Waals surface area contributed by atoms with Gasteiger partial charge in [-0.05, 0) is 36.2 Å². The van der Waals surface area contributed by atoms with Gasteiger partial charge in [0.15, 0.2) is 0 Å². The van der Waals surface area contributed by atoms with E-state index >= 15 is 0 Å². The van der Waals surface area contributed by atoms with Gasteiger partial charge in [0.25, 0.3) is 0 Å². The van der Waals surface area contributed by atoms with Crippen molar-refractivity contribution in [3.63, 3.8) is 0 Å². The van der Waals surface area contributed by atoms with E-state index in [1.807, 2.05) is 62.5 Å². The van der Waals surface area contributed by atoms with Crippen LogP contribution in [0.25, 0.3) is 0 Å². The number of benzene rings is 2. The molecule has 3 heteroatoms. The fourth-order valence-electron chi connectivity index (χ4n) is 2.83. The van der Waals surface area contributed by atoms with Crippen LogP contribution in [0.3, 0.4) is 0 Å². The Morgan fingerprint density at radius 2 is 1.84 bits per heavy atom. The first-order chi connectivity index (χ1) is 9.05. The van der Waals surface area contributed by atoms with Gasteiger partial charge in [-0.3, -0.25) is 4.79 Å². The molecule has 1 atom stereocenters. The van der Waals surface area contributed by atoms with Crippen LogP contribution >= 0.6 is 11.6 Å². The Morgan fingerprint density at radius 1 is 1.11 bits per heavy atom. The summed E-state index contributed by atoms with van der Waals surface area (Å²) in [5.41, 5.74) is 2.28. The normalized spacial score (nSPS) is 21.6. The Morgan fingerprint density at radius 3 is 2.58 bits per heavy atom. The second-order valence-corrected chi connectivity index (χ2v) is 5.45. The van der Waals surface area contributed by atoms with Gasteiger partial charge in [-0.2, -0.15) is 0 Å². The second-order valence-electron chi connectivity index (χ2n) is 5.02. The third-order valence-electron chi connectivity index (χ3n) is 3.94. The number of fused-ring (bicyclic) bond motifs is 1. The maximum atomic E-state index is 12.7. The zero-order chi connectivity index (χ0) is 13.6. The van der Waals surface area contributed by atoms with Gasteiger partial charge >= 0.3 is 0 Å². The summed E-state index contributed by atoms with van der Waals surface area (Å²) in [5, 5.41) is 0.651. The predicted molar refractivity (Wildman–Crippen MR) is 77.8 cm³/mol. The average Bonchev–Trinajstić information content (AvgIpc) is 2.63. The van der Waals surface area contributed by atoms with Crippen molar-refractivity contribution < 1.29 is 4.79 Å². The summed E-state index contributed by atoms with van der Waals surface area (Å²) in [5.74, 6) is 0.0796. The predicted octanol–water partition coefficient (Wildman–Crippen LogP) is 3.62. The van der Waals surface area contributed by atoms with E-state index in [0.717, 1.165) is 16.8 Å². The molecule has 1 aliphatic rings. The van der Waals surface area contributed by atoms with Crippen molar-refractivity contribution in [2.45, 2.75) is 12.3 Å². The van der Waals surface area contributed by atoms with Gasteiger partial charge in [-0.1, -0.05) is 41.9 Å². The molecule has 1 amide bonds. The van der Waals surface area contributed by atoms with E-state index in [1.165, 1.54) is 0 Å². The molecule has 3 rings (SSSR count). The SMILES string of the molecule is CN1C(=O)[C@@](C)(c2cccc(Cl)c2)c2ccccc21. The van der Waals surface area contributed by atoms with E-state index in [-0.39, 0.29) is 5.91 Å². The van der Waals surface area contributed by atoms with Crippen LogP contribution in [0.1, 0.15) is 18.1 Å². The minimum atomic E-state index is -0.657. The topological polar surface area (TPSA) is 20.3 Å². The first kappa shape index (κ1) is 12.2. The number of carbonyl (C=O) groups excluding carboxylic acids is 1. The van der Waals surface area contributed by atoms with Crippen LogP contribution in [0.15, 0.2) is 48.5 Å². The number of halogens is 1. The Hall–Kier alpha value is -1.80. The fraction of sp³-hybridized carbons (Fsp3) is 0.188. The van der Waals surface area contributed by atoms with E-state index in [1.54, 1.807) is 4.90 Å². The summed E-state index contributed by atoms with van der Waals surface area (Å²) < 4.78 is 0. The summed E-state index contributed by atoms with van der Waals surface area (Å²) in [6.07, 6.45) is 0. The van der Waals surface area contributed by atoms with E-state index in [9.17, 15) is 4.79 Å². The lowest BCUT2D eigenvalue weighted by molar-refractivity contribution is -0.121. The number of likely N-dealkylation sites (N-methyl/N-ethyl adjacent to an activating group) is 1. The van der Waals surface area contributed by atoms with Crippen molar-refractivity contribution in [1.82, 2.24) is 0 Å². The molecule has 0 fully saturated rings. The van der Waals surface area contributed by atoms with Gasteiger partial charge in [0, 0.05) is 17.8 Å². The molecular weight excluding hydrogens is 258 g/mol. The van der Waals surface area contributed by atoms with Gasteiger partial charge in [-0.15, -0.1) is 0 Å². The Balaban J connectivity index is 2.27. The van der Waals surface area contributed by atoms with Crippen LogP contribution in [-0.4, -0.2) is 13.0 Å². The van der Waals surface area contributed by atoms with Gasteiger partial charge in [-0.25, -0.2) is 0 Å². The largest absolute Gasteiger partial charge is 0.314 e. The molecule has 0 aromatic heterocycles. The minimum absolute atomic E-state index is 0.0796. The number of anilines is 1. The van der Waals surface area contributed by atoms with E-state index in [2.05, 4.69) is 0 Å². The molecule has 2 aromatic carbocycles. The molecule has 0 aliphatic carbocycles. The van der Waals surface area contributed by atoms with Gasteiger partial charge in [0.05, 0.1) is 5.41 Å². The third-order valence-corrected chi connectivity index (χ3v) is 4.17. The maximum absolute atomic E-state index is 12.7. The number of carbonyl (C=O) groups is 1. The molecule has 2 nitrogen and oxygen atoms in total. The maximum Gasteiger partial charge on any atom is 0.241 e. The van der Waals surface area contributed by atoms with Crippen LogP contribution in [0.2, 0.25) is 5.02 Å². The highest BCUT2D eigenvalue weighted by molar-refractivity contribution is 6.30. The highest BCUT2D eigenvalue weighted by atomic mass is 35.5. The highest BCUT2D eigenvalue weighted by Crippen LogP contribution is 2.45. The number of amides is 1. The van der Waals surface area contributed by atoms with E-state index in [4.69, 9.17) is 11.6 Å². The highest BCUT2D eigenvalue weighted by Gasteiger charge is 2.47. The minimum Gasteiger partial charge on any atom is -0.314 e. The lowest BCUT2D eigenvalue weighted by Crippen LogP contribution is -2.37. The standard InChI is InChI=1S/C16H14ClNO/c1-16(11-6-5-7-12(17)10-11)13-8-3-4-9-14(13)18(2)15(16)19/h3-10H,1-2H3/t16-/m0/s1. The summed E-state index contributed by atoms with van der Waals surface area (Å²) in [6, 6.07) is 15.4. The number of rotatable bonds is 1. The van der Waals surface area contributed by atoms with Crippen molar-refractivity contribution in [2.24, 2.45) is 0 Å². The summed E-state index contributed by atoms with van der Waals surface area (Å²) in [6.45, 7) is 1.96. The molecule has 1 heterocycles. The Bertz CT molecular complexity index is 667. The van der Waals surface area contributed by atoms with Crippen molar-refractivity contribution in [3.8, 4) is 0 Å². The second kappa shape index (κ2) is 4.10. The molecule has 0 saturated heterocycles. The molecule has 0 N–H and O–H groups in total. The van der Waals surface area contributed by atoms with Gasteiger partial charge in [0.1, 0.15) is 0 Å². The molecule has 2 aromatic rings. The molecule has 96 valence electrons. The molecule has 19 heavy (non-hydrogen) atoms. The number of para-hydroxylation sites is 1. The smallest absolute Gasteiger partial charge is 0.241 e. The third kappa shape index (κ3) is 1.60. The van der Waals surface area contributed by atoms with Crippen LogP contribution < -0.4 is 4.90 Å². The van der Waals surface area contributed by atoms with E-state index < -0.39 is 5.41 Å². The molecule has 0 spiro atoms. The fourth-order valence-corrected chi connectivity index (χ4v) is 3.02. The Kier molecular flexibility index (Phi) is 2.64. The van der Waals surface area contributed by atoms with Crippen LogP contribution in [0, 0.1) is 0 Å². The van der Waals surface area contributed by atoms with Crippen molar-refractivity contribution in [2.75, 3.05) is 11.9 Å². The summed E-state index contributed by atoms with van der Waals surface area (Å²) in [7, 11) is 1.82. The lowest BCUT2D eigenvalue weighted by Gasteiger charge is -2.24. The first-order valence-electron chi connectivity index (χ1n) is 6.19. The molecule has 0 saturated carbocycles. The molecule has 0 unspecified atom stereocenters. The van der Waals surface area contributed by atoms with Crippen molar-refractivity contribution in [3.05, 3.63) is 64.7 Å². The monoisotopic (exact) mass is 271 g/mol. The number of nitrogens with zero attached hydrogens (tertiary/aromatic N) is 1. The average molecular weight is 272 g/mol. The number of hydrogen-bond donors (Lipinski definition) is 0. The van der Waals surface area contributed by atoms with Gasteiger partial charge < -0.3 is 4.90 Å². The Labute approximate surface area is 117 Å². The quantitative estimate of drug-likeness (QED) is 0.776. The van der Waals surface area contributed by atoms with Crippen LogP contribution in [-0.2, 0) is 10.2 Å². The molecular formula is C16H14ClNO. The zero-order valence-corrected chi connectivity index (χ0v) is 11.6. The molecule has 1 aliphatic heterocycles. The van der Waals surface area contributed by atoms with Crippen LogP contribution in [0.5, 0.6) is 0 Å². The summed E-state index contributed by atoms with van der Waals surface area (Å²) >= 11 is 6.07. The van der Waals surface area contributed by atoms with Crippen molar-refractivity contribution >= 4 is 23.2 Å². The number of hydrogen-bond acceptors (Lipinski definition) is 1. The summed E-state index contributed by atoms with van der Waals surface area (Å²) in [4.78, 5) is 14.4. The molecule has 0 bridgehead atoms. The van der Waals surface area contributed by atoms with E-state index in [0.29, 0.717) is 5.02 Å². The molecule has 0 radical (unpaired) electrons.